The molecule has 0 bridgehead atoms. The van der Waals surface area contributed by atoms with Gasteiger partial charge < -0.3 is 4.90 Å². The second-order valence-corrected chi connectivity index (χ2v) is 5.29. The molecule has 1 heteroatoms. The average molecular weight is 197 g/mol. The van der Waals surface area contributed by atoms with Gasteiger partial charge in [-0.05, 0) is 32.9 Å². The van der Waals surface area contributed by atoms with Gasteiger partial charge in [-0.2, -0.15) is 0 Å². The highest BCUT2D eigenvalue weighted by Crippen LogP contribution is 2.22. The Morgan fingerprint density at radius 3 is 1.64 bits per heavy atom. The molecule has 1 nitrogen and oxygen atoms in total. The highest BCUT2D eigenvalue weighted by atomic mass is 15.1. The van der Waals surface area contributed by atoms with Crippen LogP contribution in [0, 0.1) is 5.92 Å². The molecule has 1 fully saturated rings. The summed E-state index contributed by atoms with van der Waals surface area (Å²) in [7, 11) is 4.47. The van der Waals surface area contributed by atoms with Crippen LogP contribution in [-0.4, -0.2) is 25.0 Å². The summed E-state index contributed by atoms with van der Waals surface area (Å²) in [5.74, 6) is 0.978. The van der Waals surface area contributed by atoms with E-state index < -0.39 is 0 Å². The topological polar surface area (TPSA) is 3.24 Å². The second-order valence-electron chi connectivity index (χ2n) is 5.29. The van der Waals surface area contributed by atoms with E-state index in [-0.39, 0.29) is 0 Å². The molecule has 0 aromatic heterocycles. The van der Waals surface area contributed by atoms with Gasteiger partial charge in [-0.25, -0.2) is 0 Å². The van der Waals surface area contributed by atoms with Crippen molar-refractivity contribution in [3.63, 3.8) is 0 Å². The molecule has 1 saturated carbocycles. The SMILES string of the molecule is CC1CCCCC(N(C)C)CCCC1. The lowest BCUT2D eigenvalue weighted by molar-refractivity contribution is 0.242. The molecule has 0 radical (unpaired) electrons. The largest absolute Gasteiger partial charge is 0.306 e. The lowest BCUT2D eigenvalue weighted by Gasteiger charge is -2.26. The maximum Gasteiger partial charge on any atom is 0.00891 e. The Bertz CT molecular complexity index is 130. The summed E-state index contributed by atoms with van der Waals surface area (Å²) >= 11 is 0. The van der Waals surface area contributed by atoms with Crippen LogP contribution in [0.5, 0.6) is 0 Å². The summed E-state index contributed by atoms with van der Waals surface area (Å²) in [6, 6.07) is 0.850. The van der Waals surface area contributed by atoms with Gasteiger partial charge in [0.15, 0.2) is 0 Å². The molecule has 0 heterocycles. The highest BCUT2D eigenvalue weighted by Gasteiger charge is 2.13. The standard InChI is InChI=1S/C13H27N/c1-12-8-4-6-10-13(14(2)3)11-7-5-9-12/h12-13H,4-11H2,1-3H3. The molecule has 0 aromatic rings. The van der Waals surface area contributed by atoms with Gasteiger partial charge >= 0.3 is 0 Å². The molecule has 1 aliphatic carbocycles. The van der Waals surface area contributed by atoms with E-state index in [4.69, 9.17) is 0 Å². The first-order chi connectivity index (χ1) is 6.70. The van der Waals surface area contributed by atoms with Gasteiger partial charge in [0.05, 0.1) is 0 Å². The Hall–Kier alpha value is -0.0400. The van der Waals surface area contributed by atoms with E-state index in [1.807, 2.05) is 0 Å². The van der Waals surface area contributed by atoms with Crippen LogP contribution in [0.15, 0.2) is 0 Å². The molecular formula is C13H27N. The van der Waals surface area contributed by atoms with Crippen molar-refractivity contribution >= 4 is 0 Å². The summed E-state index contributed by atoms with van der Waals surface area (Å²) < 4.78 is 0. The summed E-state index contributed by atoms with van der Waals surface area (Å²) in [4.78, 5) is 2.42. The number of hydrogen-bond donors (Lipinski definition) is 0. The number of hydrogen-bond acceptors (Lipinski definition) is 1. The normalized spacial score (nSPS) is 31.7. The van der Waals surface area contributed by atoms with E-state index >= 15 is 0 Å². The third-order valence-electron chi connectivity index (χ3n) is 3.70. The van der Waals surface area contributed by atoms with E-state index in [2.05, 4.69) is 25.9 Å². The van der Waals surface area contributed by atoms with Crippen molar-refractivity contribution in [1.82, 2.24) is 4.90 Å². The lowest BCUT2D eigenvalue weighted by atomic mass is 9.92. The summed E-state index contributed by atoms with van der Waals surface area (Å²) in [5, 5.41) is 0. The van der Waals surface area contributed by atoms with Crippen LogP contribution in [0.1, 0.15) is 58.3 Å². The molecular weight excluding hydrogens is 170 g/mol. The molecule has 14 heavy (non-hydrogen) atoms. The molecule has 0 unspecified atom stereocenters. The van der Waals surface area contributed by atoms with Crippen molar-refractivity contribution in [2.24, 2.45) is 5.92 Å². The van der Waals surface area contributed by atoms with Gasteiger partial charge in [0.2, 0.25) is 0 Å². The molecule has 0 aliphatic heterocycles. The van der Waals surface area contributed by atoms with Crippen molar-refractivity contribution in [2.45, 2.75) is 64.3 Å². The molecule has 0 N–H and O–H groups in total. The van der Waals surface area contributed by atoms with Crippen LogP contribution in [0.25, 0.3) is 0 Å². The van der Waals surface area contributed by atoms with Crippen LogP contribution in [0.3, 0.4) is 0 Å². The van der Waals surface area contributed by atoms with E-state index in [1.54, 1.807) is 0 Å². The van der Waals surface area contributed by atoms with Gasteiger partial charge in [-0.1, -0.05) is 45.4 Å². The zero-order chi connectivity index (χ0) is 10.4. The first-order valence-corrected chi connectivity index (χ1v) is 6.36. The van der Waals surface area contributed by atoms with Crippen LogP contribution in [0.4, 0.5) is 0 Å². The van der Waals surface area contributed by atoms with Crippen molar-refractivity contribution in [3.8, 4) is 0 Å². The van der Waals surface area contributed by atoms with E-state index in [0.717, 1.165) is 12.0 Å². The van der Waals surface area contributed by atoms with Crippen molar-refractivity contribution in [1.29, 1.82) is 0 Å². The first-order valence-electron chi connectivity index (χ1n) is 6.36. The molecule has 0 spiro atoms. The Kier molecular flexibility index (Phi) is 5.54. The smallest absolute Gasteiger partial charge is 0.00891 e. The highest BCUT2D eigenvalue weighted by molar-refractivity contribution is 4.69. The molecule has 0 amide bonds. The van der Waals surface area contributed by atoms with Crippen molar-refractivity contribution in [3.05, 3.63) is 0 Å². The van der Waals surface area contributed by atoms with Gasteiger partial charge in [0, 0.05) is 6.04 Å². The van der Waals surface area contributed by atoms with Crippen molar-refractivity contribution < 1.29 is 0 Å². The average Bonchev–Trinajstić information content (AvgIpc) is 2.15. The van der Waals surface area contributed by atoms with E-state index in [0.29, 0.717) is 0 Å². The summed E-state index contributed by atoms with van der Waals surface area (Å²) in [5.41, 5.74) is 0. The van der Waals surface area contributed by atoms with E-state index in [9.17, 15) is 0 Å². The summed E-state index contributed by atoms with van der Waals surface area (Å²) in [6.07, 6.45) is 11.5. The minimum atomic E-state index is 0.850. The zero-order valence-electron chi connectivity index (χ0n) is 10.3. The first kappa shape index (κ1) is 12.0. The Labute approximate surface area is 89.9 Å². The molecule has 1 aliphatic rings. The zero-order valence-corrected chi connectivity index (χ0v) is 10.3. The fourth-order valence-electron chi connectivity index (χ4n) is 2.55. The number of rotatable bonds is 1. The third kappa shape index (κ3) is 4.45. The van der Waals surface area contributed by atoms with Gasteiger partial charge in [-0.3, -0.25) is 0 Å². The molecule has 1 rings (SSSR count). The third-order valence-corrected chi connectivity index (χ3v) is 3.70. The quantitative estimate of drug-likeness (QED) is 0.620. The Balaban J connectivity index is 2.31. The fourth-order valence-corrected chi connectivity index (χ4v) is 2.55. The molecule has 84 valence electrons. The van der Waals surface area contributed by atoms with Gasteiger partial charge in [-0.15, -0.1) is 0 Å². The van der Waals surface area contributed by atoms with Crippen molar-refractivity contribution in [2.75, 3.05) is 14.1 Å². The fraction of sp³-hybridized carbons (Fsp3) is 1.00. The van der Waals surface area contributed by atoms with Gasteiger partial charge in [0.25, 0.3) is 0 Å². The van der Waals surface area contributed by atoms with Crippen LogP contribution in [-0.2, 0) is 0 Å². The lowest BCUT2D eigenvalue weighted by Crippen LogP contribution is -2.28. The monoisotopic (exact) mass is 197 g/mol. The maximum absolute atomic E-state index is 2.42. The van der Waals surface area contributed by atoms with Crippen LogP contribution in [0.2, 0.25) is 0 Å². The molecule has 0 aromatic carbocycles. The summed E-state index contributed by atoms with van der Waals surface area (Å²) in [6.45, 7) is 2.42. The molecule has 0 atom stereocenters. The minimum absolute atomic E-state index is 0.850. The predicted octanol–water partition coefficient (Wildman–Crippen LogP) is 3.69. The van der Waals surface area contributed by atoms with E-state index in [1.165, 1.54) is 51.4 Å². The maximum atomic E-state index is 2.42. The minimum Gasteiger partial charge on any atom is -0.306 e. The molecule has 0 saturated heterocycles. The predicted molar refractivity (Wildman–Crippen MR) is 63.6 cm³/mol. The van der Waals surface area contributed by atoms with Crippen LogP contribution < -0.4 is 0 Å². The Morgan fingerprint density at radius 2 is 1.21 bits per heavy atom. The number of nitrogens with zero attached hydrogens (tertiary/aromatic N) is 1. The second kappa shape index (κ2) is 6.44. The van der Waals surface area contributed by atoms with Gasteiger partial charge in [0.1, 0.15) is 0 Å². The van der Waals surface area contributed by atoms with Crippen LogP contribution >= 0.6 is 0 Å². The Morgan fingerprint density at radius 1 is 0.786 bits per heavy atom.